The number of halogens is 2. The monoisotopic (exact) mass is 421 g/mol. The van der Waals surface area contributed by atoms with E-state index in [9.17, 15) is 4.79 Å². The minimum absolute atomic E-state index is 0.340. The molecule has 4 nitrogen and oxygen atoms in total. The zero-order chi connectivity index (χ0) is 17.1. The molecule has 0 unspecified atom stereocenters. The van der Waals surface area contributed by atoms with E-state index in [1.807, 2.05) is 55.5 Å². The molecule has 7 heteroatoms. The van der Waals surface area contributed by atoms with Crippen LogP contribution in [0, 0.1) is 6.92 Å². The van der Waals surface area contributed by atoms with Gasteiger partial charge >= 0.3 is 6.03 Å². The Labute approximate surface area is 157 Å². The van der Waals surface area contributed by atoms with Gasteiger partial charge in [0.2, 0.25) is 0 Å². The number of amides is 2. The SMILES string of the molecule is Cc1sc(NC(=O)Nc2ccccc2Br)nc1-c1cccc(Cl)c1. The number of rotatable bonds is 3. The summed E-state index contributed by atoms with van der Waals surface area (Å²) in [6, 6.07) is 14.6. The fourth-order valence-corrected chi connectivity index (χ4v) is 3.57. The van der Waals surface area contributed by atoms with Crippen molar-refractivity contribution in [1.82, 2.24) is 4.98 Å². The Kier molecular flexibility index (Phi) is 5.18. The molecule has 2 aromatic carbocycles. The van der Waals surface area contributed by atoms with Crippen LogP contribution in [0.25, 0.3) is 11.3 Å². The van der Waals surface area contributed by atoms with E-state index in [-0.39, 0.29) is 6.03 Å². The Morgan fingerprint density at radius 3 is 2.71 bits per heavy atom. The quantitative estimate of drug-likeness (QED) is 0.529. The number of para-hydroxylation sites is 1. The van der Waals surface area contributed by atoms with Crippen LogP contribution < -0.4 is 10.6 Å². The molecule has 0 fully saturated rings. The second-order valence-corrected chi connectivity index (χ2v) is 7.49. The maximum atomic E-state index is 12.1. The molecular formula is C17H13BrClN3OS. The number of nitrogens with zero attached hydrogens (tertiary/aromatic N) is 1. The van der Waals surface area contributed by atoms with Crippen LogP contribution >= 0.6 is 38.9 Å². The van der Waals surface area contributed by atoms with Gasteiger partial charge in [0.1, 0.15) is 0 Å². The summed E-state index contributed by atoms with van der Waals surface area (Å²) in [5.74, 6) is 0. The van der Waals surface area contributed by atoms with Crippen molar-refractivity contribution in [2.45, 2.75) is 6.92 Å². The normalized spacial score (nSPS) is 10.5. The molecule has 122 valence electrons. The van der Waals surface area contributed by atoms with Gasteiger partial charge in [0.05, 0.1) is 11.4 Å². The number of urea groups is 1. The number of hydrogen-bond acceptors (Lipinski definition) is 3. The number of aryl methyl sites for hydroxylation is 1. The molecule has 24 heavy (non-hydrogen) atoms. The van der Waals surface area contributed by atoms with E-state index in [1.165, 1.54) is 11.3 Å². The van der Waals surface area contributed by atoms with Crippen molar-refractivity contribution in [3.05, 3.63) is 62.9 Å². The average molecular weight is 423 g/mol. The summed E-state index contributed by atoms with van der Waals surface area (Å²) >= 11 is 10.9. The van der Waals surface area contributed by atoms with Gasteiger partial charge in [0, 0.05) is 19.9 Å². The van der Waals surface area contributed by atoms with E-state index in [2.05, 4.69) is 31.5 Å². The summed E-state index contributed by atoms with van der Waals surface area (Å²) < 4.78 is 0.815. The third-order valence-corrected chi connectivity index (χ3v) is 5.05. The smallest absolute Gasteiger partial charge is 0.307 e. The van der Waals surface area contributed by atoms with Crippen LogP contribution in [0.3, 0.4) is 0 Å². The van der Waals surface area contributed by atoms with Crippen LogP contribution in [0.15, 0.2) is 53.0 Å². The van der Waals surface area contributed by atoms with Gasteiger partial charge in [-0.05, 0) is 47.1 Å². The third kappa shape index (κ3) is 3.95. The highest BCUT2D eigenvalue weighted by atomic mass is 79.9. The lowest BCUT2D eigenvalue weighted by Gasteiger charge is -2.06. The van der Waals surface area contributed by atoms with Crippen LogP contribution in [-0.2, 0) is 0 Å². The minimum atomic E-state index is -0.340. The predicted octanol–water partition coefficient (Wildman–Crippen LogP) is 6.18. The van der Waals surface area contributed by atoms with E-state index >= 15 is 0 Å². The summed E-state index contributed by atoms with van der Waals surface area (Å²) in [6.45, 7) is 1.96. The van der Waals surface area contributed by atoms with Crippen LogP contribution in [0.2, 0.25) is 5.02 Å². The standard InChI is InChI=1S/C17H13BrClN3OS/c1-10-15(11-5-4-6-12(19)9-11)21-17(24-10)22-16(23)20-14-8-3-2-7-13(14)18/h2-9H,1H3,(H2,20,21,22,23). The van der Waals surface area contributed by atoms with Crippen molar-refractivity contribution in [2.75, 3.05) is 10.6 Å². The van der Waals surface area contributed by atoms with E-state index in [0.29, 0.717) is 15.8 Å². The zero-order valence-electron chi connectivity index (χ0n) is 12.6. The highest BCUT2D eigenvalue weighted by Gasteiger charge is 2.13. The maximum absolute atomic E-state index is 12.1. The molecule has 0 radical (unpaired) electrons. The number of anilines is 2. The van der Waals surface area contributed by atoms with Crippen molar-refractivity contribution >= 4 is 55.7 Å². The van der Waals surface area contributed by atoms with Crippen molar-refractivity contribution in [1.29, 1.82) is 0 Å². The van der Waals surface area contributed by atoms with Crippen molar-refractivity contribution < 1.29 is 4.79 Å². The number of carbonyl (C=O) groups excluding carboxylic acids is 1. The van der Waals surface area contributed by atoms with Crippen molar-refractivity contribution in [3.8, 4) is 11.3 Å². The van der Waals surface area contributed by atoms with E-state index < -0.39 is 0 Å². The van der Waals surface area contributed by atoms with Crippen molar-refractivity contribution in [2.24, 2.45) is 0 Å². The average Bonchev–Trinajstić information content (AvgIpc) is 2.90. The van der Waals surface area contributed by atoms with Gasteiger partial charge in [-0.3, -0.25) is 5.32 Å². The molecule has 2 N–H and O–H groups in total. The Morgan fingerprint density at radius 1 is 1.17 bits per heavy atom. The lowest BCUT2D eigenvalue weighted by molar-refractivity contribution is 0.262. The van der Waals surface area contributed by atoms with Crippen LogP contribution in [0.1, 0.15) is 4.88 Å². The summed E-state index contributed by atoms with van der Waals surface area (Å²) in [7, 11) is 0. The van der Waals surface area contributed by atoms with Crippen LogP contribution in [-0.4, -0.2) is 11.0 Å². The molecule has 0 atom stereocenters. The van der Waals surface area contributed by atoms with Gasteiger partial charge in [-0.25, -0.2) is 9.78 Å². The van der Waals surface area contributed by atoms with Crippen LogP contribution in [0.4, 0.5) is 15.6 Å². The van der Waals surface area contributed by atoms with E-state index in [4.69, 9.17) is 11.6 Å². The zero-order valence-corrected chi connectivity index (χ0v) is 15.8. The second kappa shape index (κ2) is 7.34. The minimum Gasteiger partial charge on any atom is -0.307 e. The highest BCUT2D eigenvalue weighted by molar-refractivity contribution is 9.10. The Bertz CT molecular complexity index is 897. The molecule has 3 rings (SSSR count). The third-order valence-electron chi connectivity index (χ3n) is 3.24. The first-order chi connectivity index (χ1) is 11.5. The molecule has 0 spiro atoms. The Balaban J connectivity index is 1.76. The fourth-order valence-electron chi connectivity index (χ4n) is 2.17. The molecule has 0 aliphatic heterocycles. The molecule has 1 aromatic heterocycles. The second-order valence-electron chi connectivity index (χ2n) is 4.99. The molecule has 0 bridgehead atoms. The number of benzene rings is 2. The maximum Gasteiger partial charge on any atom is 0.325 e. The molecule has 3 aromatic rings. The highest BCUT2D eigenvalue weighted by Crippen LogP contribution is 2.31. The fraction of sp³-hybridized carbons (Fsp3) is 0.0588. The number of nitrogens with one attached hydrogen (secondary N) is 2. The summed E-state index contributed by atoms with van der Waals surface area (Å²) in [6.07, 6.45) is 0. The van der Waals surface area contributed by atoms with Gasteiger partial charge in [0.15, 0.2) is 5.13 Å². The number of carbonyl (C=O) groups is 1. The first-order valence-electron chi connectivity index (χ1n) is 7.09. The van der Waals surface area contributed by atoms with Gasteiger partial charge in [-0.1, -0.05) is 35.9 Å². The lowest BCUT2D eigenvalue weighted by Crippen LogP contribution is -2.19. The predicted molar refractivity (Wildman–Crippen MR) is 104 cm³/mol. The first-order valence-corrected chi connectivity index (χ1v) is 9.07. The Hall–Kier alpha value is -1.89. The van der Waals surface area contributed by atoms with Crippen molar-refractivity contribution in [3.63, 3.8) is 0 Å². The molecule has 1 heterocycles. The topological polar surface area (TPSA) is 54.0 Å². The van der Waals surface area contributed by atoms with E-state index in [0.717, 1.165) is 20.6 Å². The van der Waals surface area contributed by atoms with Crippen LogP contribution in [0.5, 0.6) is 0 Å². The lowest BCUT2D eigenvalue weighted by atomic mass is 10.1. The Morgan fingerprint density at radius 2 is 1.96 bits per heavy atom. The van der Waals surface area contributed by atoms with Gasteiger partial charge in [0.25, 0.3) is 0 Å². The molecule has 0 saturated carbocycles. The molecule has 0 saturated heterocycles. The van der Waals surface area contributed by atoms with Gasteiger partial charge in [-0.2, -0.15) is 0 Å². The molecular weight excluding hydrogens is 410 g/mol. The molecule has 0 aliphatic rings. The number of thiazole rings is 1. The van der Waals surface area contributed by atoms with E-state index in [1.54, 1.807) is 0 Å². The molecule has 2 amide bonds. The first kappa shape index (κ1) is 17.0. The summed E-state index contributed by atoms with van der Waals surface area (Å²) in [5, 5.41) is 6.74. The number of hydrogen-bond donors (Lipinski definition) is 2. The van der Waals surface area contributed by atoms with Gasteiger partial charge < -0.3 is 5.32 Å². The summed E-state index contributed by atoms with van der Waals surface area (Å²) in [4.78, 5) is 17.7. The summed E-state index contributed by atoms with van der Waals surface area (Å²) in [5.41, 5.74) is 2.44. The largest absolute Gasteiger partial charge is 0.325 e. The van der Waals surface area contributed by atoms with Gasteiger partial charge in [-0.15, -0.1) is 11.3 Å². The number of aromatic nitrogens is 1. The molecule has 0 aliphatic carbocycles.